The number of carbonyl (C=O) groups is 1. The number of aromatic nitrogens is 1. The van der Waals surface area contributed by atoms with E-state index in [9.17, 15) is 4.79 Å². The molecule has 1 aromatic heterocycles. The highest BCUT2D eigenvalue weighted by molar-refractivity contribution is 5.89. The molecule has 5 heteroatoms. The monoisotopic (exact) mass is 275 g/mol. The van der Waals surface area contributed by atoms with Crippen molar-refractivity contribution in [2.75, 3.05) is 38.2 Å². The third-order valence-electron chi connectivity index (χ3n) is 4.65. The van der Waals surface area contributed by atoms with Gasteiger partial charge in [0.15, 0.2) is 0 Å². The SMILES string of the molecule is COC(=O)c1ccc(N2CCC3(CCNC3)CC2)nc1. The van der Waals surface area contributed by atoms with Crippen LogP contribution in [0.4, 0.5) is 5.82 Å². The minimum Gasteiger partial charge on any atom is -0.465 e. The van der Waals surface area contributed by atoms with E-state index < -0.39 is 0 Å². The first-order valence-electron chi connectivity index (χ1n) is 7.23. The largest absolute Gasteiger partial charge is 0.465 e. The van der Waals surface area contributed by atoms with E-state index in [1.54, 1.807) is 12.3 Å². The lowest BCUT2D eigenvalue weighted by molar-refractivity contribution is 0.0600. The Bertz CT molecular complexity index is 470. The summed E-state index contributed by atoms with van der Waals surface area (Å²) in [7, 11) is 1.38. The van der Waals surface area contributed by atoms with Gasteiger partial charge < -0.3 is 15.0 Å². The van der Waals surface area contributed by atoms with Crippen LogP contribution in [0, 0.1) is 5.41 Å². The normalized spacial score (nSPS) is 21.1. The van der Waals surface area contributed by atoms with Crippen LogP contribution in [0.5, 0.6) is 0 Å². The first kappa shape index (κ1) is 13.4. The van der Waals surface area contributed by atoms with Gasteiger partial charge in [0, 0.05) is 25.8 Å². The lowest BCUT2D eigenvalue weighted by atomic mass is 9.78. The topological polar surface area (TPSA) is 54.5 Å². The molecule has 1 aromatic rings. The van der Waals surface area contributed by atoms with Crippen molar-refractivity contribution < 1.29 is 9.53 Å². The molecule has 0 aromatic carbocycles. The lowest BCUT2D eigenvalue weighted by Gasteiger charge is -2.39. The van der Waals surface area contributed by atoms with Gasteiger partial charge in [-0.25, -0.2) is 9.78 Å². The van der Waals surface area contributed by atoms with Crippen LogP contribution in [0.25, 0.3) is 0 Å². The van der Waals surface area contributed by atoms with Gasteiger partial charge in [-0.15, -0.1) is 0 Å². The molecular weight excluding hydrogens is 254 g/mol. The van der Waals surface area contributed by atoms with Crippen molar-refractivity contribution in [1.29, 1.82) is 0 Å². The van der Waals surface area contributed by atoms with Crippen LogP contribution in [0.1, 0.15) is 29.6 Å². The Kier molecular flexibility index (Phi) is 3.61. The van der Waals surface area contributed by atoms with Crippen LogP contribution in [0.3, 0.4) is 0 Å². The number of anilines is 1. The molecule has 0 radical (unpaired) electrons. The van der Waals surface area contributed by atoms with Crippen molar-refractivity contribution in [3.63, 3.8) is 0 Å². The molecule has 3 rings (SSSR count). The van der Waals surface area contributed by atoms with E-state index in [0.29, 0.717) is 11.0 Å². The molecule has 0 aliphatic carbocycles. The molecule has 108 valence electrons. The maximum Gasteiger partial charge on any atom is 0.339 e. The number of hydrogen-bond donors (Lipinski definition) is 1. The summed E-state index contributed by atoms with van der Waals surface area (Å²) >= 11 is 0. The van der Waals surface area contributed by atoms with Gasteiger partial charge in [-0.2, -0.15) is 0 Å². The number of nitrogens with zero attached hydrogens (tertiary/aromatic N) is 2. The first-order chi connectivity index (χ1) is 9.72. The molecular formula is C15H21N3O2. The Labute approximate surface area is 119 Å². The zero-order valence-electron chi connectivity index (χ0n) is 11.9. The highest BCUT2D eigenvalue weighted by Crippen LogP contribution is 2.37. The minimum atomic E-state index is -0.335. The Morgan fingerprint density at radius 2 is 2.15 bits per heavy atom. The summed E-state index contributed by atoms with van der Waals surface area (Å²) < 4.78 is 4.69. The zero-order valence-corrected chi connectivity index (χ0v) is 11.9. The van der Waals surface area contributed by atoms with Gasteiger partial charge in [0.25, 0.3) is 0 Å². The van der Waals surface area contributed by atoms with E-state index in [2.05, 4.69) is 19.9 Å². The quantitative estimate of drug-likeness (QED) is 0.828. The predicted molar refractivity (Wildman–Crippen MR) is 76.9 cm³/mol. The summed E-state index contributed by atoms with van der Waals surface area (Å²) in [6, 6.07) is 3.70. The number of rotatable bonds is 2. The molecule has 0 unspecified atom stereocenters. The summed E-state index contributed by atoms with van der Waals surface area (Å²) in [6.45, 7) is 4.42. The number of ether oxygens (including phenoxy) is 1. The summed E-state index contributed by atoms with van der Waals surface area (Å²) in [4.78, 5) is 18.1. The second-order valence-corrected chi connectivity index (χ2v) is 5.81. The standard InChI is InChI=1S/C15H21N3O2/c1-20-14(19)12-2-3-13(17-10-12)18-8-5-15(6-9-18)4-7-16-11-15/h2-3,10,16H,4-9,11H2,1H3. The Hall–Kier alpha value is -1.62. The number of hydrogen-bond acceptors (Lipinski definition) is 5. The maximum absolute atomic E-state index is 11.4. The molecule has 0 atom stereocenters. The van der Waals surface area contributed by atoms with E-state index in [4.69, 9.17) is 0 Å². The van der Waals surface area contributed by atoms with Crippen LogP contribution in [-0.4, -0.2) is 44.2 Å². The predicted octanol–water partition coefficient (Wildman–Crippen LogP) is 1.45. The fraction of sp³-hybridized carbons (Fsp3) is 0.600. The summed E-state index contributed by atoms with van der Waals surface area (Å²) in [5.74, 6) is 0.622. The molecule has 2 aliphatic rings. The fourth-order valence-electron chi connectivity index (χ4n) is 3.24. The molecule has 3 heterocycles. The molecule has 0 bridgehead atoms. The van der Waals surface area contributed by atoms with Crippen molar-refractivity contribution in [2.24, 2.45) is 5.41 Å². The summed E-state index contributed by atoms with van der Waals surface area (Å²) in [5, 5.41) is 3.48. The molecule has 2 aliphatic heterocycles. The number of pyridine rings is 1. The molecule has 20 heavy (non-hydrogen) atoms. The van der Waals surface area contributed by atoms with Gasteiger partial charge in [-0.3, -0.25) is 0 Å². The number of esters is 1. The summed E-state index contributed by atoms with van der Waals surface area (Å²) in [6.07, 6.45) is 5.35. The van der Waals surface area contributed by atoms with Crippen molar-refractivity contribution in [3.05, 3.63) is 23.9 Å². The summed E-state index contributed by atoms with van der Waals surface area (Å²) in [5.41, 5.74) is 1.02. The van der Waals surface area contributed by atoms with Crippen LogP contribution >= 0.6 is 0 Å². The van der Waals surface area contributed by atoms with Gasteiger partial charge in [-0.05, 0) is 43.4 Å². The maximum atomic E-state index is 11.4. The van der Waals surface area contributed by atoms with Crippen molar-refractivity contribution in [3.8, 4) is 0 Å². The highest BCUT2D eigenvalue weighted by Gasteiger charge is 2.37. The van der Waals surface area contributed by atoms with Gasteiger partial charge in [0.2, 0.25) is 0 Å². The van der Waals surface area contributed by atoms with Crippen LogP contribution in [-0.2, 0) is 4.74 Å². The van der Waals surface area contributed by atoms with E-state index in [1.165, 1.54) is 26.4 Å². The average Bonchev–Trinajstić information content (AvgIpc) is 2.96. The number of carbonyl (C=O) groups excluding carboxylic acids is 1. The van der Waals surface area contributed by atoms with Gasteiger partial charge in [0.1, 0.15) is 5.82 Å². The molecule has 1 spiro atoms. The Morgan fingerprint density at radius 1 is 1.35 bits per heavy atom. The molecule has 5 nitrogen and oxygen atoms in total. The smallest absolute Gasteiger partial charge is 0.339 e. The molecule has 0 saturated carbocycles. The fourth-order valence-corrected chi connectivity index (χ4v) is 3.24. The third kappa shape index (κ3) is 2.50. The molecule has 0 amide bonds. The number of nitrogens with one attached hydrogen (secondary N) is 1. The van der Waals surface area contributed by atoms with Crippen LogP contribution < -0.4 is 10.2 Å². The number of methoxy groups -OCH3 is 1. The van der Waals surface area contributed by atoms with Gasteiger partial charge in [-0.1, -0.05) is 0 Å². The molecule has 2 fully saturated rings. The highest BCUT2D eigenvalue weighted by atomic mass is 16.5. The number of piperidine rings is 1. The van der Waals surface area contributed by atoms with Crippen LogP contribution in [0.2, 0.25) is 0 Å². The average molecular weight is 275 g/mol. The van der Waals surface area contributed by atoms with E-state index >= 15 is 0 Å². The van der Waals surface area contributed by atoms with E-state index in [0.717, 1.165) is 32.0 Å². The Morgan fingerprint density at radius 3 is 2.70 bits per heavy atom. The molecule has 2 saturated heterocycles. The van der Waals surface area contributed by atoms with E-state index in [1.807, 2.05) is 6.07 Å². The first-order valence-corrected chi connectivity index (χ1v) is 7.23. The Balaban J connectivity index is 1.64. The van der Waals surface area contributed by atoms with Crippen molar-refractivity contribution in [2.45, 2.75) is 19.3 Å². The second-order valence-electron chi connectivity index (χ2n) is 5.81. The van der Waals surface area contributed by atoms with Crippen LogP contribution in [0.15, 0.2) is 18.3 Å². The third-order valence-corrected chi connectivity index (χ3v) is 4.65. The van der Waals surface area contributed by atoms with Crippen molar-refractivity contribution >= 4 is 11.8 Å². The lowest BCUT2D eigenvalue weighted by Crippen LogP contribution is -2.41. The van der Waals surface area contributed by atoms with Gasteiger partial charge >= 0.3 is 5.97 Å². The van der Waals surface area contributed by atoms with Crippen molar-refractivity contribution in [1.82, 2.24) is 10.3 Å². The van der Waals surface area contributed by atoms with Gasteiger partial charge in [0.05, 0.1) is 12.7 Å². The minimum absolute atomic E-state index is 0.335. The molecule has 1 N–H and O–H groups in total. The van der Waals surface area contributed by atoms with E-state index in [-0.39, 0.29) is 5.97 Å². The second kappa shape index (κ2) is 5.40. The zero-order chi connectivity index (χ0) is 14.0.